The monoisotopic (exact) mass is 506 g/mol. The molecule has 4 N–H and O–H groups in total. The van der Waals surface area contributed by atoms with Crippen LogP contribution in [0.2, 0.25) is 0 Å². The molecule has 192 valence electrons. The molecule has 36 heavy (non-hydrogen) atoms. The van der Waals surface area contributed by atoms with Crippen molar-refractivity contribution in [3.8, 4) is 5.75 Å². The molecular formula is C23H23FN2O10. The van der Waals surface area contributed by atoms with Gasteiger partial charge in [-0.3, -0.25) is 28.9 Å². The van der Waals surface area contributed by atoms with Gasteiger partial charge in [-0.05, 0) is 32.6 Å². The minimum atomic E-state index is -3.15. The third kappa shape index (κ3) is 3.26. The average Bonchev–Trinajstić information content (AvgIpc) is 2.80. The van der Waals surface area contributed by atoms with Crippen molar-refractivity contribution in [2.24, 2.45) is 29.4 Å². The number of nitrogens with two attached hydrogens (primary N) is 1. The summed E-state index contributed by atoms with van der Waals surface area (Å²) in [5, 5.41) is 21.9. The molecule has 12 nitrogen and oxygen atoms in total. The zero-order valence-electron chi connectivity index (χ0n) is 19.4. The van der Waals surface area contributed by atoms with E-state index in [0.717, 1.165) is 19.2 Å². The molecule has 1 aromatic rings. The highest BCUT2D eigenvalue weighted by Crippen LogP contribution is 2.52. The molecule has 0 heterocycles. The van der Waals surface area contributed by atoms with Gasteiger partial charge >= 0.3 is 6.16 Å². The van der Waals surface area contributed by atoms with Crippen LogP contribution in [0, 0.1) is 29.5 Å². The average molecular weight is 506 g/mol. The first-order chi connectivity index (χ1) is 16.8. The van der Waals surface area contributed by atoms with Crippen LogP contribution in [0.15, 0.2) is 12.1 Å². The summed E-state index contributed by atoms with van der Waals surface area (Å²) < 4.78 is 24.6. The number of methoxy groups -OCH3 is 1. The van der Waals surface area contributed by atoms with Crippen LogP contribution in [-0.4, -0.2) is 89.3 Å². The molecule has 1 aromatic carbocycles. The largest absolute Gasteiger partial charge is 0.508 e. The lowest BCUT2D eigenvalue weighted by atomic mass is 9.51. The number of hydrogen-bond donors (Lipinski definition) is 3. The minimum absolute atomic E-state index is 0.261. The Kier molecular flexibility index (Phi) is 5.96. The van der Waals surface area contributed by atoms with E-state index in [1.165, 1.54) is 19.0 Å². The summed E-state index contributed by atoms with van der Waals surface area (Å²) in [6.07, 6.45) is -3.44. The Morgan fingerprint density at radius 2 is 1.81 bits per heavy atom. The molecule has 3 aliphatic rings. The van der Waals surface area contributed by atoms with Gasteiger partial charge in [0.05, 0.1) is 30.6 Å². The molecule has 4 rings (SSSR count). The molecule has 3 aliphatic carbocycles. The SMILES string of the molecule is COC(=O)O[C@@H]1[C@H]2[C@H](N(C)C)C(=O)C(C(N)=O)C(=O)[C@@]2(O)C(=O)C2C(=O)c3c(O)ccc(F)c3C[C@H]21. The topological polar surface area (TPSA) is 191 Å². The van der Waals surface area contributed by atoms with Gasteiger partial charge in [0.1, 0.15) is 17.7 Å². The number of aromatic hydroxyl groups is 1. The Labute approximate surface area is 203 Å². The lowest BCUT2D eigenvalue weighted by Gasteiger charge is -2.55. The quantitative estimate of drug-likeness (QED) is 0.328. The number of aliphatic hydroxyl groups is 1. The minimum Gasteiger partial charge on any atom is -0.507 e. The van der Waals surface area contributed by atoms with Gasteiger partial charge in [-0.15, -0.1) is 0 Å². The van der Waals surface area contributed by atoms with E-state index < -0.39 is 100 Å². The number of fused-ring (bicyclic) bond motifs is 3. The Balaban J connectivity index is 2.00. The van der Waals surface area contributed by atoms with Crippen LogP contribution >= 0.6 is 0 Å². The second kappa shape index (κ2) is 8.45. The zero-order chi connectivity index (χ0) is 26.9. The van der Waals surface area contributed by atoms with Gasteiger partial charge in [0.25, 0.3) is 0 Å². The highest BCUT2D eigenvalue weighted by molar-refractivity contribution is 6.32. The van der Waals surface area contributed by atoms with Gasteiger partial charge in [-0.1, -0.05) is 0 Å². The number of hydrogen-bond acceptors (Lipinski definition) is 11. The molecule has 0 spiro atoms. The van der Waals surface area contributed by atoms with Crippen molar-refractivity contribution in [3.63, 3.8) is 0 Å². The third-order valence-corrected chi connectivity index (χ3v) is 7.34. The maximum Gasteiger partial charge on any atom is 0.508 e. The van der Waals surface area contributed by atoms with E-state index >= 15 is 0 Å². The number of carbonyl (C=O) groups is 6. The molecule has 1 amide bonds. The molecule has 2 fully saturated rings. The van der Waals surface area contributed by atoms with E-state index in [2.05, 4.69) is 4.74 Å². The molecule has 13 heteroatoms. The lowest BCUT2D eigenvalue weighted by molar-refractivity contribution is -0.197. The number of phenols is 1. The summed E-state index contributed by atoms with van der Waals surface area (Å²) in [5.41, 5.74) is 1.33. The fourth-order valence-electron chi connectivity index (χ4n) is 5.87. The third-order valence-electron chi connectivity index (χ3n) is 7.34. The maximum absolute atomic E-state index is 14.7. The number of benzene rings is 1. The second-order valence-electron chi connectivity index (χ2n) is 9.33. The highest BCUT2D eigenvalue weighted by Gasteiger charge is 2.73. The molecule has 0 bridgehead atoms. The number of Topliss-reactive ketones (excluding diaryl/α,β-unsaturated/α-hetero) is 4. The van der Waals surface area contributed by atoms with E-state index in [0.29, 0.717) is 0 Å². The number of ether oxygens (including phenoxy) is 2. The van der Waals surface area contributed by atoms with Gasteiger partial charge in [0.2, 0.25) is 5.91 Å². The number of halogens is 1. The van der Waals surface area contributed by atoms with Crippen molar-refractivity contribution in [3.05, 3.63) is 29.1 Å². The fourth-order valence-corrected chi connectivity index (χ4v) is 5.87. The van der Waals surface area contributed by atoms with E-state index in [1.54, 1.807) is 0 Å². The Morgan fingerprint density at radius 1 is 1.17 bits per heavy atom. The predicted octanol–water partition coefficient (Wildman–Crippen LogP) is -1.23. The van der Waals surface area contributed by atoms with Crippen LogP contribution in [-0.2, 0) is 35.1 Å². The predicted molar refractivity (Wildman–Crippen MR) is 114 cm³/mol. The normalized spacial score (nSPS) is 33.5. The molecule has 2 unspecified atom stereocenters. The summed E-state index contributed by atoms with van der Waals surface area (Å²) in [4.78, 5) is 79.3. The first-order valence-electron chi connectivity index (χ1n) is 10.9. The van der Waals surface area contributed by atoms with Gasteiger partial charge in [0, 0.05) is 11.5 Å². The molecule has 0 saturated heterocycles. The molecule has 7 atom stereocenters. The van der Waals surface area contributed by atoms with Crippen molar-refractivity contribution >= 4 is 35.2 Å². The van der Waals surface area contributed by atoms with Crippen LogP contribution < -0.4 is 5.73 Å². The molecule has 2 saturated carbocycles. The maximum atomic E-state index is 14.7. The summed E-state index contributed by atoms with van der Waals surface area (Å²) in [5.74, 6) is -15.2. The lowest BCUT2D eigenvalue weighted by Crippen LogP contribution is -2.78. The summed E-state index contributed by atoms with van der Waals surface area (Å²) >= 11 is 0. The molecular weight excluding hydrogens is 483 g/mol. The Morgan fingerprint density at radius 3 is 2.36 bits per heavy atom. The smallest absolute Gasteiger partial charge is 0.507 e. The summed E-state index contributed by atoms with van der Waals surface area (Å²) in [6, 6.07) is 0.275. The first-order valence-corrected chi connectivity index (χ1v) is 10.9. The number of ketones is 4. The van der Waals surface area contributed by atoms with Crippen LogP contribution in [0.5, 0.6) is 5.75 Å². The Hall–Kier alpha value is -3.71. The van der Waals surface area contributed by atoms with Crippen LogP contribution in [0.25, 0.3) is 0 Å². The van der Waals surface area contributed by atoms with Gasteiger partial charge in [0.15, 0.2) is 34.7 Å². The van der Waals surface area contributed by atoms with Crippen molar-refractivity contribution < 1.29 is 52.8 Å². The first kappa shape index (κ1) is 25.4. The van der Waals surface area contributed by atoms with E-state index in [4.69, 9.17) is 10.5 Å². The van der Waals surface area contributed by atoms with Crippen molar-refractivity contribution in [2.75, 3.05) is 21.2 Å². The number of carbonyl (C=O) groups excluding carboxylic acids is 6. The van der Waals surface area contributed by atoms with E-state index in [-0.39, 0.29) is 5.56 Å². The van der Waals surface area contributed by atoms with Gasteiger partial charge < -0.3 is 25.4 Å². The second-order valence-corrected chi connectivity index (χ2v) is 9.33. The summed E-state index contributed by atoms with van der Waals surface area (Å²) in [6.45, 7) is 0. The number of phenolic OH excluding ortho intramolecular Hbond substituents is 1. The number of nitrogens with zero attached hydrogens (tertiary/aromatic N) is 1. The highest BCUT2D eigenvalue weighted by atomic mass is 19.1. The Bertz CT molecular complexity index is 1230. The van der Waals surface area contributed by atoms with Crippen molar-refractivity contribution in [1.29, 1.82) is 0 Å². The van der Waals surface area contributed by atoms with Crippen LogP contribution in [0.3, 0.4) is 0 Å². The molecule has 0 radical (unpaired) electrons. The van der Waals surface area contributed by atoms with Crippen LogP contribution in [0.1, 0.15) is 15.9 Å². The van der Waals surface area contributed by atoms with E-state index in [9.17, 15) is 43.4 Å². The standard InChI is InChI=1S/C23H23FN2O10/c1-26(2)15-14-18(36-22(33)35-3)8-6-7-9(24)4-5-10(27)11(7)16(28)12(8)19(30)23(14,34)20(31)13(17(15)29)21(25)32/h4-5,8,12-15,18,27,34H,6H2,1-3H3,(H2,25,32)/t8-,12?,13?,14-,15+,18+,23+/m1/s1. The van der Waals surface area contributed by atoms with Gasteiger partial charge in [-0.25, -0.2) is 9.18 Å². The van der Waals surface area contributed by atoms with Gasteiger partial charge in [-0.2, -0.15) is 0 Å². The fraction of sp³-hybridized carbons (Fsp3) is 0.478. The van der Waals surface area contributed by atoms with Crippen LogP contribution in [0.4, 0.5) is 9.18 Å². The zero-order valence-corrected chi connectivity index (χ0v) is 19.4. The van der Waals surface area contributed by atoms with Crippen molar-refractivity contribution in [1.82, 2.24) is 4.90 Å². The van der Waals surface area contributed by atoms with Crippen molar-refractivity contribution in [2.45, 2.75) is 24.2 Å². The molecule has 0 aromatic heterocycles. The number of primary amides is 1. The number of rotatable bonds is 3. The van der Waals surface area contributed by atoms with E-state index in [1.807, 2.05) is 0 Å². The summed E-state index contributed by atoms with van der Waals surface area (Å²) in [7, 11) is 3.69. The molecule has 0 aliphatic heterocycles. The number of amides is 1. The number of likely N-dealkylation sites (N-methyl/N-ethyl adjacent to an activating group) is 1.